The maximum Gasteiger partial charge on any atom is 0.407 e. The number of aryl methyl sites for hydroxylation is 1. The van der Waals surface area contributed by atoms with Crippen LogP contribution in [0.3, 0.4) is 0 Å². The Morgan fingerprint density at radius 3 is 2.55 bits per heavy atom. The zero-order valence-corrected chi connectivity index (χ0v) is 20.6. The number of nitrogens with zero attached hydrogens (tertiary/aromatic N) is 2. The van der Waals surface area contributed by atoms with Crippen molar-refractivity contribution in [2.75, 3.05) is 43.2 Å². The number of rotatable bonds is 14. The van der Waals surface area contributed by atoms with Gasteiger partial charge in [-0.2, -0.15) is 4.98 Å². The first-order valence-corrected chi connectivity index (χ1v) is 11.8. The summed E-state index contributed by atoms with van der Waals surface area (Å²) in [6.07, 6.45) is 1.65. The minimum atomic E-state index is -0.448. The normalized spacial score (nSPS) is 11.5. The number of pyridine rings is 1. The molecule has 1 atom stereocenters. The number of carbonyl (C=O) groups excluding carboxylic acids is 1. The van der Waals surface area contributed by atoms with E-state index in [1.54, 1.807) is 6.92 Å². The number of alkyl carbamates (subject to hydrolysis) is 1. The summed E-state index contributed by atoms with van der Waals surface area (Å²) < 4.78 is 10.7. The van der Waals surface area contributed by atoms with Gasteiger partial charge in [0.2, 0.25) is 5.88 Å². The highest BCUT2D eigenvalue weighted by Gasteiger charge is 2.12. The zero-order chi connectivity index (χ0) is 24.1. The third-order valence-corrected chi connectivity index (χ3v) is 4.99. The summed E-state index contributed by atoms with van der Waals surface area (Å²) in [6, 6.07) is 12.5. The van der Waals surface area contributed by atoms with Gasteiger partial charge in [-0.15, -0.1) is 0 Å². The number of aromatic nitrogens is 1. The van der Waals surface area contributed by atoms with E-state index in [-0.39, 0.29) is 6.04 Å². The van der Waals surface area contributed by atoms with Crippen molar-refractivity contribution in [3.63, 3.8) is 0 Å². The van der Waals surface area contributed by atoms with Crippen molar-refractivity contribution in [1.29, 1.82) is 0 Å². The minimum absolute atomic E-state index is 0.0934. The molecule has 33 heavy (non-hydrogen) atoms. The maximum atomic E-state index is 11.5. The SMILES string of the molecule is CCCN(CCC)c1cc(NNC(C)c2cccc(C)c2)nc(OCCNC(=O)OCC)c1. The average molecular weight is 458 g/mol. The van der Waals surface area contributed by atoms with Crippen LogP contribution in [-0.4, -0.2) is 43.9 Å². The number of amides is 1. The van der Waals surface area contributed by atoms with Gasteiger partial charge in [0.25, 0.3) is 0 Å². The van der Waals surface area contributed by atoms with Crippen LogP contribution in [0.5, 0.6) is 5.88 Å². The number of benzene rings is 1. The van der Waals surface area contributed by atoms with E-state index in [9.17, 15) is 4.79 Å². The number of carbonyl (C=O) groups is 1. The van der Waals surface area contributed by atoms with Crippen molar-refractivity contribution in [2.24, 2.45) is 0 Å². The third-order valence-electron chi connectivity index (χ3n) is 4.99. The summed E-state index contributed by atoms with van der Waals surface area (Å²) in [7, 11) is 0. The smallest absolute Gasteiger partial charge is 0.407 e. The number of ether oxygens (including phenoxy) is 2. The Morgan fingerprint density at radius 1 is 1.12 bits per heavy atom. The molecule has 0 fully saturated rings. The van der Waals surface area contributed by atoms with Crippen LogP contribution in [0.25, 0.3) is 0 Å². The Bertz CT molecular complexity index is 856. The fourth-order valence-electron chi connectivity index (χ4n) is 3.42. The Morgan fingerprint density at radius 2 is 1.88 bits per heavy atom. The first kappa shape index (κ1) is 26.3. The van der Waals surface area contributed by atoms with Gasteiger partial charge in [-0.25, -0.2) is 10.2 Å². The van der Waals surface area contributed by atoms with Crippen LogP contribution < -0.4 is 25.8 Å². The minimum Gasteiger partial charge on any atom is -0.476 e. The van der Waals surface area contributed by atoms with Gasteiger partial charge in [-0.1, -0.05) is 43.7 Å². The number of anilines is 2. The molecule has 0 radical (unpaired) electrons. The van der Waals surface area contributed by atoms with Crippen LogP contribution in [-0.2, 0) is 4.74 Å². The molecule has 3 N–H and O–H groups in total. The van der Waals surface area contributed by atoms with Gasteiger partial charge in [-0.05, 0) is 39.2 Å². The Kier molecular flexibility index (Phi) is 11.3. The quantitative estimate of drug-likeness (QED) is 0.277. The van der Waals surface area contributed by atoms with E-state index in [4.69, 9.17) is 9.47 Å². The van der Waals surface area contributed by atoms with Gasteiger partial charge >= 0.3 is 6.09 Å². The molecule has 1 unspecified atom stereocenters. The molecule has 0 saturated heterocycles. The first-order chi connectivity index (χ1) is 16.0. The summed E-state index contributed by atoms with van der Waals surface area (Å²) in [6.45, 7) is 13.2. The van der Waals surface area contributed by atoms with Crippen molar-refractivity contribution < 1.29 is 14.3 Å². The predicted octanol–water partition coefficient (Wildman–Crippen LogP) is 4.82. The third kappa shape index (κ3) is 9.18. The van der Waals surface area contributed by atoms with Gasteiger partial charge in [0.1, 0.15) is 12.4 Å². The van der Waals surface area contributed by atoms with E-state index in [0.717, 1.165) is 31.6 Å². The van der Waals surface area contributed by atoms with Crippen LogP contribution in [0, 0.1) is 6.92 Å². The lowest BCUT2D eigenvalue weighted by atomic mass is 10.1. The molecule has 1 heterocycles. The molecule has 1 amide bonds. The van der Waals surface area contributed by atoms with Gasteiger partial charge in [-0.3, -0.25) is 0 Å². The molecule has 1 aromatic carbocycles. The monoisotopic (exact) mass is 457 g/mol. The number of nitrogens with one attached hydrogen (secondary N) is 3. The van der Waals surface area contributed by atoms with Gasteiger partial charge in [0.15, 0.2) is 0 Å². The highest BCUT2D eigenvalue weighted by atomic mass is 16.5. The molecular formula is C25H39N5O3. The lowest BCUT2D eigenvalue weighted by molar-refractivity contribution is 0.150. The molecule has 0 saturated carbocycles. The van der Waals surface area contributed by atoms with Crippen LogP contribution >= 0.6 is 0 Å². The second-order valence-corrected chi connectivity index (χ2v) is 7.94. The average Bonchev–Trinajstić information content (AvgIpc) is 2.80. The van der Waals surface area contributed by atoms with Crippen molar-refractivity contribution in [2.45, 2.75) is 53.5 Å². The molecule has 0 spiro atoms. The van der Waals surface area contributed by atoms with Crippen molar-refractivity contribution in [3.8, 4) is 5.88 Å². The van der Waals surface area contributed by atoms with E-state index in [2.05, 4.69) is 78.0 Å². The molecule has 2 rings (SSSR count). The maximum absolute atomic E-state index is 11.5. The molecule has 2 aromatic rings. The van der Waals surface area contributed by atoms with E-state index < -0.39 is 6.09 Å². The van der Waals surface area contributed by atoms with Crippen molar-refractivity contribution >= 4 is 17.6 Å². The van der Waals surface area contributed by atoms with Crippen molar-refractivity contribution in [3.05, 3.63) is 47.5 Å². The number of hydrazine groups is 1. The van der Waals surface area contributed by atoms with E-state index in [1.807, 2.05) is 12.1 Å². The number of hydrogen-bond donors (Lipinski definition) is 3. The molecule has 182 valence electrons. The first-order valence-electron chi connectivity index (χ1n) is 11.8. The topological polar surface area (TPSA) is 87.8 Å². The number of hydrogen-bond acceptors (Lipinski definition) is 7. The van der Waals surface area contributed by atoms with Gasteiger partial charge in [0, 0.05) is 37.0 Å². The molecule has 0 aliphatic heterocycles. The summed E-state index contributed by atoms with van der Waals surface area (Å²) in [5.74, 6) is 1.18. The van der Waals surface area contributed by atoms with Crippen LogP contribution in [0.4, 0.5) is 16.3 Å². The van der Waals surface area contributed by atoms with Crippen molar-refractivity contribution in [1.82, 2.24) is 15.7 Å². The zero-order valence-electron chi connectivity index (χ0n) is 20.6. The van der Waals surface area contributed by atoms with Gasteiger partial charge < -0.3 is 25.1 Å². The fourth-order valence-corrected chi connectivity index (χ4v) is 3.42. The summed E-state index contributed by atoms with van der Waals surface area (Å²) in [5.41, 5.74) is 10.1. The molecule has 1 aromatic heterocycles. The molecule has 0 aliphatic rings. The van der Waals surface area contributed by atoms with E-state index in [0.29, 0.717) is 31.5 Å². The predicted molar refractivity (Wildman–Crippen MR) is 134 cm³/mol. The lowest BCUT2D eigenvalue weighted by Gasteiger charge is -2.25. The second kappa shape index (κ2) is 14.2. The van der Waals surface area contributed by atoms with E-state index >= 15 is 0 Å². The standard InChI is InChI=1S/C25H39N5O3/c1-6-13-30(14-7-2)22-17-23(29-28-20(5)21-11-9-10-19(4)16-21)27-24(18-22)33-15-12-26-25(31)32-8-3/h9-11,16-18,20,28H,6-8,12-15H2,1-5H3,(H,26,31)(H,27,29). The van der Waals surface area contributed by atoms with Crippen LogP contribution in [0.1, 0.15) is 57.7 Å². The highest BCUT2D eigenvalue weighted by molar-refractivity contribution is 5.67. The summed E-state index contributed by atoms with van der Waals surface area (Å²) in [5, 5.41) is 2.66. The highest BCUT2D eigenvalue weighted by Crippen LogP contribution is 2.25. The Balaban J connectivity index is 2.11. The molecular weight excluding hydrogens is 418 g/mol. The summed E-state index contributed by atoms with van der Waals surface area (Å²) in [4.78, 5) is 18.4. The van der Waals surface area contributed by atoms with Gasteiger partial charge in [0.05, 0.1) is 13.2 Å². The van der Waals surface area contributed by atoms with E-state index in [1.165, 1.54) is 11.1 Å². The largest absolute Gasteiger partial charge is 0.476 e. The Labute approximate surface area is 198 Å². The van der Waals surface area contributed by atoms with Crippen LogP contribution in [0.2, 0.25) is 0 Å². The molecule has 0 aliphatic carbocycles. The Hall–Kier alpha value is -3.00. The molecule has 8 heteroatoms. The fraction of sp³-hybridized carbons (Fsp3) is 0.520. The molecule has 0 bridgehead atoms. The van der Waals surface area contributed by atoms with Crippen LogP contribution in [0.15, 0.2) is 36.4 Å². The lowest BCUT2D eigenvalue weighted by Crippen LogP contribution is -2.29. The summed E-state index contributed by atoms with van der Waals surface area (Å²) >= 11 is 0. The second-order valence-electron chi connectivity index (χ2n) is 7.94. The molecule has 8 nitrogen and oxygen atoms in total.